The first kappa shape index (κ1) is 8.92. The summed E-state index contributed by atoms with van der Waals surface area (Å²) in [5, 5.41) is 0. The fourth-order valence-corrected chi connectivity index (χ4v) is 2.25. The zero-order chi connectivity index (χ0) is 10.4. The first-order chi connectivity index (χ1) is 7.24. The number of fused-ring (bicyclic) bond motifs is 3. The maximum absolute atomic E-state index is 4.68. The van der Waals surface area contributed by atoms with Crippen LogP contribution in [0.15, 0.2) is 18.3 Å². The van der Waals surface area contributed by atoms with Crippen molar-refractivity contribution in [2.24, 2.45) is 0 Å². The minimum atomic E-state index is 1.01. The molecule has 0 aliphatic carbocycles. The molecular weight excluding hydrogens is 186 g/mol. The average Bonchev–Trinajstić information content (AvgIpc) is 2.54. The quantitative estimate of drug-likeness (QED) is 0.645. The van der Waals surface area contributed by atoms with E-state index in [2.05, 4.69) is 46.6 Å². The maximum Gasteiger partial charge on any atom is 0.137 e. The van der Waals surface area contributed by atoms with Gasteiger partial charge in [-0.2, -0.15) is 0 Å². The van der Waals surface area contributed by atoms with Gasteiger partial charge in [-0.25, -0.2) is 4.98 Å². The first-order valence-electron chi connectivity index (χ1n) is 5.39. The van der Waals surface area contributed by atoms with E-state index in [0.29, 0.717) is 0 Å². The lowest BCUT2D eigenvalue weighted by molar-refractivity contribution is 0.306. The summed E-state index contributed by atoms with van der Waals surface area (Å²) in [6.07, 6.45) is 3.21. The highest BCUT2D eigenvalue weighted by Crippen LogP contribution is 2.19. The van der Waals surface area contributed by atoms with Crippen molar-refractivity contribution in [1.82, 2.24) is 14.3 Å². The Balaban J connectivity index is 2.24. The van der Waals surface area contributed by atoms with Gasteiger partial charge < -0.3 is 9.30 Å². The number of nitrogens with zero attached hydrogens (tertiary/aromatic N) is 3. The summed E-state index contributed by atoms with van der Waals surface area (Å²) < 4.78 is 2.22. The maximum atomic E-state index is 4.68. The summed E-state index contributed by atoms with van der Waals surface area (Å²) in [6, 6.07) is 4.29. The Kier molecular flexibility index (Phi) is 1.83. The number of imidazole rings is 1. The summed E-state index contributed by atoms with van der Waals surface area (Å²) in [5.74, 6) is 0. The molecule has 2 aromatic heterocycles. The highest BCUT2D eigenvalue weighted by atomic mass is 15.1. The van der Waals surface area contributed by atoms with Crippen LogP contribution in [0.3, 0.4) is 0 Å². The van der Waals surface area contributed by atoms with Crippen molar-refractivity contribution in [1.29, 1.82) is 0 Å². The molecule has 2 aromatic rings. The van der Waals surface area contributed by atoms with Gasteiger partial charge in [0, 0.05) is 25.7 Å². The van der Waals surface area contributed by atoms with E-state index in [0.717, 1.165) is 25.2 Å². The molecule has 0 aromatic carbocycles. The van der Waals surface area contributed by atoms with Crippen molar-refractivity contribution in [2.75, 3.05) is 13.6 Å². The van der Waals surface area contributed by atoms with Crippen molar-refractivity contribution in [3.8, 4) is 0 Å². The number of aryl methyl sites for hydroxylation is 1. The topological polar surface area (TPSA) is 20.5 Å². The summed E-state index contributed by atoms with van der Waals surface area (Å²) in [6.45, 7) is 4.25. The number of likely N-dealkylation sites (N-methyl/N-ethyl adjacent to an activating group) is 1. The van der Waals surface area contributed by atoms with Crippen LogP contribution in [-0.4, -0.2) is 27.9 Å². The minimum absolute atomic E-state index is 1.01. The molecule has 0 atom stereocenters. The summed E-state index contributed by atoms with van der Waals surface area (Å²) in [4.78, 5) is 7.03. The van der Waals surface area contributed by atoms with Gasteiger partial charge in [-0.15, -0.1) is 0 Å². The van der Waals surface area contributed by atoms with E-state index in [1.54, 1.807) is 0 Å². The predicted molar refractivity (Wildman–Crippen MR) is 60.0 cm³/mol. The van der Waals surface area contributed by atoms with E-state index in [-0.39, 0.29) is 0 Å². The van der Waals surface area contributed by atoms with E-state index in [4.69, 9.17) is 0 Å². The largest absolute Gasteiger partial charge is 0.302 e. The van der Waals surface area contributed by atoms with Gasteiger partial charge in [-0.3, -0.25) is 0 Å². The van der Waals surface area contributed by atoms with E-state index in [1.165, 1.54) is 17.0 Å². The van der Waals surface area contributed by atoms with Crippen LogP contribution < -0.4 is 0 Å². The third-order valence-electron chi connectivity index (χ3n) is 3.11. The second-order valence-corrected chi connectivity index (χ2v) is 4.43. The zero-order valence-electron chi connectivity index (χ0n) is 9.20. The van der Waals surface area contributed by atoms with Crippen LogP contribution in [0.2, 0.25) is 0 Å². The van der Waals surface area contributed by atoms with E-state index < -0.39 is 0 Å². The van der Waals surface area contributed by atoms with Crippen LogP contribution in [0.4, 0.5) is 0 Å². The van der Waals surface area contributed by atoms with Gasteiger partial charge in [0.05, 0.1) is 11.4 Å². The number of hydrogen-bond donors (Lipinski definition) is 0. The number of hydrogen-bond acceptors (Lipinski definition) is 2. The van der Waals surface area contributed by atoms with Crippen LogP contribution in [0, 0.1) is 6.92 Å². The Hall–Kier alpha value is -1.35. The van der Waals surface area contributed by atoms with Gasteiger partial charge in [-0.05, 0) is 31.7 Å². The lowest BCUT2D eigenvalue weighted by Crippen LogP contribution is -2.27. The highest BCUT2D eigenvalue weighted by molar-refractivity contribution is 5.46. The van der Waals surface area contributed by atoms with E-state index in [9.17, 15) is 0 Å². The standard InChI is InChI=1S/C12H15N3/c1-9-3-6-15-11-8-14(2)5-4-10(11)13-12(15)7-9/h3,6-7H,4-5,8H2,1-2H3. The van der Waals surface area contributed by atoms with Crippen LogP contribution in [0.1, 0.15) is 17.0 Å². The molecule has 1 aliphatic heterocycles. The fourth-order valence-electron chi connectivity index (χ4n) is 2.25. The lowest BCUT2D eigenvalue weighted by Gasteiger charge is -2.21. The fraction of sp³-hybridized carbons (Fsp3) is 0.417. The second kappa shape index (κ2) is 3.07. The molecule has 0 saturated heterocycles. The molecule has 1 aliphatic rings. The molecule has 3 heteroatoms. The molecule has 0 unspecified atom stereocenters. The second-order valence-electron chi connectivity index (χ2n) is 4.43. The van der Waals surface area contributed by atoms with Gasteiger partial charge in [0.25, 0.3) is 0 Å². The van der Waals surface area contributed by atoms with Gasteiger partial charge >= 0.3 is 0 Å². The molecule has 15 heavy (non-hydrogen) atoms. The number of aromatic nitrogens is 2. The molecule has 3 nitrogen and oxygen atoms in total. The van der Waals surface area contributed by atoms with Gasteiger partial charge in [0.15, 0.2) is 0 Å². The number of pyridine rings is 1. The number of rotatable bonds is 0. The Bertz CT molecular complexity index is 513. The molecular formula is C12H15N3. The van der Waals surface area contributed by atoms with Crippen molar-refractivity contribution in [3.63, 3.8) is 0 Å². The Morgan fingerprint density at radius 2 is 2.27 bits per heavy atom. The smallest absolute Gasteiger partial charge is 0.137 e. The lowest BCUT2D eigenvalue weighted by atomic mass is 10.1. The Labute approximate surface area is 89.3 Å². The van der Waals surface area contributed by atoms with Crippen molar-refractivity contribution >= 4 is 5.65 Å². The summed E-state index contributed by atoms with van der Waals surface area (Å²) in [5.41, 5.74) is 5.01. The van der Waals surface area contributed by atoms with E-state index in [1.807, 2.05) is 0 Å². The third kappa shape index (κ3) is 1.35. The van der Waals surface area contributed by atoms with Gasteiger partial charge in [-0.1, -0.05) is 0 Å². The third-order valence-corrected chi connectivity index (χ3v) is 3.11. The van der Waals surface area contributed by atoms with Crippen LogP contribution in [-0.2, 0) is 13.0 Å². The SMILES string of the molecule is Cc1ccn2c3c(nc2c1)CCN(C)C3. The van der Waals surface area contributed by atoms with Gasteiger partial charge in [0.2, 0.25) is 0 Å². The molecule has 0 spiro atoms. The normalized spacial score (nSPS) is 16.9. The van der Waals surface area contributed by atoms with Crippen molar-refractivity contribution in [2.45, 2.75) is 19.9 Å². The average molecular weight is 201 g/mol. The van der Waals surface area contributed by atoms with E-state index >= 15 is 0 Å². The molecule has 0 bridgehead atoms. The van der Waals surface area contributed by atoms with Crippen LogP contribution >= 0.6 is 0 Å². The predicted octanol–water partition coefficient (Wildman–Crippen LogP) is 1.63. The molecule has 0 radical (unpaired) electrons. The monoisotopic (exact) mass is 201 g/mol. The first-order valence-corrected chi connectivity index (χ1v) is 5.39. The molecule has 0 amide bonds. The van der Waals surface area contributed by atoms with Crippen molar-refractivity contribution < 1.29 is 0 Å². The van der Waals surface area contributed by atoms with Gasteiger partial charge in [0.1, 0.15) is 5.65 Å². The Morgan fingerprint density at radius 1 is 1.40 bits per heavy atom. The summed E-state index contributed by atoms with van der Waals surface area (Å²) in [7, 11) is 2.16. The molecule has 3 heterocycles. The molecule has 0 saturated carbocycles. The molecule has 3 rings (SSSR count). The summed E-state index contributed by atoms with van der Waals surface area (Å²) >= 11 is 0. The molecule has 0 N–H and O–H groups in total. The minimum Gasteiger partial charge on any atom is -0.302 e. The Morgan fingerprint density at radius 3 is 3.13 bits per heavy atom. The van der Waals surface area contributed by atoms with Crippen LogP contribution in [0.25, 0.3) is 5.65 Å². The highest BCUT2D eigenvalue weighted by Gasteiger charge is 2.18. The molecule has 0 fully saturated rings. The zero-order valence-corrected chi connectivity index (χ0v) is 9.20. The van der Waals surface area contributed by atoms with Crippen molar-refractivity contribution in [3.05, 3.63) is 35.3 Å². The molecule has 78 valence electrons. The van der Waals surface area contributed by atoms with Crippen LogP contribution in [0.5, 0.6) is 0 Å².